The van der Waals surface area contributed by atoms with E-state index < -0.39 is 23.3 Å². The van der Waals surface area contributed by atoms with Crippen molar-refractivity contribution in [1.82, 2.24) is 10.6 Å². The Morgan fingerprint density at radius 2 is 1.94 bits per heavy atom. The summed E-state index contributed by atoms with van der Waals surface area (Å²) in [7, 11) is 0. The highest BCUT2D eigenvalue weighted by molar-refractivity contribution is 6.30. The third kappa shape index (κ3) is 5.75. The van der Waals surface area contributed by atoms with Crippen molar-refractivity contribution in [1.29, 1.82) is 0 Å². The van der Waals surface area contributed by atoms with Gasteiger partial charge in [-0.25, -0.2) is 0 Å². The van der Waals surface area contributed by atoms with Crippen molar-refractivity contribution in [3.05, 3.63) is 69.7 Å². The van der Waals surface area contributed by atoms with E-state index in [1.165, 1.54) is 0 Å². The normalized spacial score (nSPS) is 23.5. The van der Waals surface area contributed by atoms with Crippen LogP contribution in [0.15, 0.2) is 48.5 Å². The molecular weight excluding hydrogens is 463 g/mol. The van der Waals surface area contributed by atoms with Crippen LogP contribution in [0.2, 0.25) is 10.0 Å². The Hall–Kier alpha value is -2.41. The van der Waals surface area contributed by atoms with Gasteiger partial charge in [0.1, 0.15) is 6.29 Å². The van der Waals surface area contributed by atoms with Gasteiger partial charge >= 0.3 is 5.97 Å². The number of carbonyl (C=O) groups excluding carboxylic acids is 2. The molecule has 1 amide bonds. The van der Waals surface area contributed by atoms with Crippen molar-refractivity contribution >= 4 is 41.4 Å². The van der Waals surface area contributed by atoms with Crippen LogP contribution in [0.4, 0.5) is 0 Å². The molecule has 8 heteroatoms. The summed E-state index contributed by atoms with van der Waals surface area (Å²) in [6, 6.07) is 14.2. The van der Waals surface area contributed by atoms with Crippen LogP contribution in [0.25, 0.3) is 0 Å². The number of carbonyl (C=O) groups is 3. The third-order valence-corrected chi connectivity index (χ3v) is 6.99. The number of carboxylic acid groups (broad SMARTS) is 1. The van der Waals surface area contributed by atoms with Gasteiger partial charge in [-0.05, 0) is 60.8 Å². The van der Waals surface area contributed by atoms with E-state index in [2.05, 4.69) is 10.6 Å². The van der Waals surface area contributed by atoms with Gasteiger partial charge in [-0.2, -0.15) is 0 Å². The molecule has 4 atom stereocenters. The van der Waals surface area contributed by atoms with Gasteiger partial charge in [-0.15, -0.1) is 0 Å². The minimum absolute atomic E-state index is 0.0849. The first-order valence-corrected chi connectivity index (χ1v) is 11.7. The maximum Gasteiger partial charge on any atom is 0.304 e. The Morgan fingerprint density at radius 1 is 1.21 bits per heavy atom. The molecule has 0 spiro atoms. The summed E-state index contributed by atoms with van der Waals surface area (Å²) in [6.07, 6.45) is 0.746. The van der Waals surface area contributed by atoms with E-state index in [0.717, 1.165) is 17.4 Å². The van der Waals surface area contributed by atoms with Crippen molar-refractivity contribution in [2.75, 3.05) is 13.1 Å². The van der Waals surface area contributed by atoms with Gasteiger partial charge in [0, 0.05) is 22.4 Å². The highest BCUT2D eigenvalue weighted by atomic mass is 35.5. The van der Waals surface area contributed by atoms with E-state index >= 15 is 0 Å². The summed E-state index contributed by atoms with van der Waals surface area (Å²) in [5, 5.41) is 17.2. The van der Waals surface area contributed by atoms with Crippen molar-refractivity contribution in [3.63, 3.8) is 0 Å². The standard InChI is InChI=1S/C25H28Cl2N2O4/c1-2-28-15-18(10-11-30)25(14-22(31)32)13-21(17-4-3-5-20(27)12-17)23(29-24(25)33)16-6-8-19(26)9-7-16/h3-9,11-12,18,21,23,28H,2,10,13-15H2,1H3,(H,29,33)(H,31,32)/t18-,21-,23-,25-/m1/s1. The molecular formula is C25H28Cl2N2O4. The summed E-state index contributed by atoms with van der Waals surface area (Å²) in [5.74, 6) is -2.16. The first kappa shape index (κ1) is 25.2. The SMILES string of the molecule is CCNC[C@@H](CC=O)[C@]1(CC(=O)O)C[C@H](c2cccc(Cl)c2)[C@@H](c2ccc(Cl)cc2)NC1=O. The van der Waals surface area contributed by atoms with Crippen LogP contribution in [0.3, 0.4) is 0 Å². The Bertz CT molecular complexity index is 998. The number of hydrogen-bond acceptors (Lipinski definition) is 4. The van der Waals surface area contributed by atoms with Gasteiger partial charge in [-0.3, -0.25) is 9.59 Å². The van der Waals surface area contributed by atoms with Crippen molar-refractivity contribution in [2.45, 2.75) is 38.1 Å². The van der Waals surface area contributed by atoms with Crippen LogP contribution in [0.5, 0.6) is 0 Å². The minimum atomic E-state index is -1.26. The van der Waals surface area contributed by atoms with Gasteiger partial charge in [0.05, 0.1) is 17.9 Å². The molecule has 0 bridgehead atoms. The second kappa shape index (κ2) is 11.1. The van der Waals surface area contributed by atoms with Crippen LogP contribution in [-0.2, 0) is 14.4 Å². The topological polar surface area (TPSA) is 95.5 Å². The molecule has 1 aliphatic rings. The quantitative estimate of drug-likeness (QED) is 0.422. The molecule has 1 heterocycles. The van der Waals surface area contributed by atoms with Crippen LogP contribution < -0.4 is 10.6 Å². The summed E-state index contributed by atoms with van der Waals surface area (Å²) in [6.45, 7) is 2.93. The number of hydrogen-bond donors (Lipinski definition) is 3. The summed E-state index contributed by atoms with van der Waals surface area (Å²) >= 11 is 12.4. The summed E-state index contributed by atoms with van der Waals surface area (Å²) in [4.78, 5) is 37.2. The van der Waals surface area contributed by atoms with Gasteiger partial charge < -0.3 is 20.5 Å². The Labute approximate surface area is 203 Å². The summed E-state index contributed by atoms with van der Waals surface area (Å²) < 4.78 is 0. The first-order chi connectivity index (χ1) is 15.8. The van der Waals surface area contributed by atoms with E-state index in [4.69, 9.17) is 23.2 Å². The zero-order valence-corrected chi connectivity index (χ0v) is 19.9. The number of benzene rings is 2. The largest absolute Gasteiger partial charge is 0.481 e. The second-order valence-corrected chi connectivity index (χ2v) is 9.37. The van der Waals surface area contributed by atoms with Crippen LogP contribution in [0, 0.1) is 11.3 Å². The van der Waals surface area contributed by atoms with Crippen LogP contribution >= 0.6 is 23.2 Å². The zero-order chi connectivity index (χ0) is 24.0. The lowest BCUT2D eigenvalue weighted by molar-refractivity contribution is -0.152. The smallest absolute Gasteiger partial charge is 0.304 e. The van der Waals surface area contributed by atoms with E-state index in [1.54, 1.807) is 18.2 Å². The lowest BCUT2D eigenvalue weighted by atomic mass is 9.61. The molecule has 33 heavy (non-hydrogen) atoms. The number of carboxylic acids is 1. The fourth-order valence-electron chi connectivity index (χ4n) is 4.88. The summed E-state index contributed by atoms with van der Waals surface area (Å²) in [5.41, 5.74) is 0.496. The van der Waals surface area contributed by atoms with Crippen LogP contribution in [-0.4, -0.2) is 36.4 Å². The molecule has 2 aromatic rings. The van der Waals surface area contributed by atoms with E-state index in [1.807, 2.05) is 37.3 Å². The Morgan fingerprint density at radius 3 is 2.55 bits per heavy atom. The number of amides is 1. The molecule has 0 aromatic heterocycles. The molecule has 0 saturated carbocycles. The van der Waals surface area contributed by atoms with Gasteiger partial charge in [0.15, 0.2) is 0 Å². The highest BCUT2D eigenvalue weighted by Gasteiger charge is 2.53. The molecule has 3 rings (SSSR count). The molecule has 0 aliphatic carbocycles. The number of piperidine rings is 1. The lowest BCUT2D eigenvalue weighted by Crippen LogP contribution is -2.56. The second-order valence-electron chi connectivity index (χ2n) is 8.50. The van der Waals surface area contributed by atoms with E-state index in [0.29, 0.717) is 23.1 Å². The Kier molecular flexibility index (Phi) is 8.51. The van der Waals surface area contributed by atoms with E-state index in [-0.39, 0.29) is 31.1 Å². The molecule has 6 nitrogen and oxygen atoms in total. The first-order valence-electron chi connectivity index (χ1n) is 11.0. The number of aliphatic carboxylic acids is 1. The van der Waals surface area contributed by atoms with Crippen molar-refractivity contribution in [2.24, 2.45) is 11.3 Å². The molecule has 0 radical (unpaired) electrons. The molecule has 1 saturated heterocycles. The van der Waals surface area contributed by atoms with Crippen molar-refractivity contribution in [3.8, 4) is 0 Å². The average molecular weight is 491 g/mol. The predicted molar refractivity (Wildman–Crippen MR) is 129 cm³/mol. The third-order valence-electron chi connectivity index (χ3n) is 6.50. The van der Waals surface area contributed by atoms with Crippen molar-refractivity contribution < 1.29 is 19.5 Å². The molecule has 1 aliphatic heterocycles. The number of nitrogens with one attached hydrogen (secondary N) is 2. The fraction of sp³-hybridized carbons (Fsp3) is 0.400. The minimum Gasteiger partial charge on any atom is -0.481 e. The molecule has 3 N–H and O–H groups in total. The molecule has 2 aromatic carbocycles. The molecule has 1 fully saturated rings. The maximum absolute atomic E-state index is 13.7. The van der Waals surface area contributed by atoms with Crippen LogP contribution in [0.1, 0.15) is 49.3 Å². The zero-order valence-electron chi connectivity index (χ0n) is 18.4. The number of rotatable bonds is 10. The predicted octanol–water partition coefficient (Wildman–Crippen LogP) is 4.61. The molecule has 176 valence electrons. The van der Waals surface area contributed by atoms with Gasteiger partial charge in [0.25, 0.3) is 0 Å². The lowest BCUT2D eigenvalue weighted by Gasteiger charge is -2.47. The van der Waals surface area contributed by atoms with Gasteiger partial charge in [-0.1, -0.05) is 54.4 Å². The van der Waals surface area contributed by atoms with E-state index in [9.17, 15) is 19.5 Å². The Balaban J connectivity index is 2.12. The highest BCUT2D eigenvalue weighted by Crippen LogP contribution is 2.51. The molecule has 0 unspecified atom stereocenters. The maximum atomic E-state index is 13.7. The number of aldehydes is 1. The monoisotopic (exact) mass is 490 g/mol. The fourth-order valence-corrected chi connectivity index (χ4v) is 5.20. The van der Waals surface area contributed by atoms with Gasteiger partial charge in [0.2, 0.25) is 5.91 Å². The average Bonchev–Trinajstić information content (AvgIpc) is 2.78. The number of halogens is 2.